The topological polar surface area (TPSA) is 54.3 Å². The first kappa shape index (κ1) is 18.5. The van der Waals surface area contributed by atoms with Gasteiger partial charge in [-0.3, -0.25) is 9.59 Å². The molecule has 3 aromatic rings. The Morgan fingerprint density at radius 2 is 1.70 bits per heavy atom. The molecule has 0 spiro atoms. The van der Waals surface area contributed by atoms with E-state index in [1.165, 1.54) is 4.90 Å². The predicted octanol–water partition coefficient (Wildman–Crippen LogP) is 3.80. The van der Waals surface area contributed by atoms with Gasteiger partial charge in [0.05, 0.1) is 6.54 Å². The van der Waals surface area contributed by atoms with E-state index in [4.69, 9.17) is 0 Å². The molecule has 0 bridgehead atoms. The number of hydrogen-bond donors (Lipinski definition) is 1. The van der Waals surface area contributed by atoms with Crippen molar-refractivity contribution in [2.45, 2.75) is 13.8 Å². The Labute approximate surface area is 159 Å². The summed E-state index contributed by atoms with van der Waals surface area (Å²) < 4.78 is 1.93. The quantitative estimate of drug-likeness (QED) is 0.751. The highest BCUT2D eigenvalue weighted by Crippen LogP contribution is 2.18. The summed E-state index contributed by atoms with van der Waals surface area (Å²) in [5.41, 5.74) is 4.36. The van der Waals surface area contributed by atoms with Gasteiger partial charge < -0.3 is 14.8 Å². The van der Waals surface area contributed by atoms with Crippen LogP contribution < -0.4 is 5.32 Å². The fourth-order valence-electron chi connectivity index (χ4n) is 2.89. The number of nitrogens with zero attached hydrogens (tertiary/aromatic N) is 2. The molecule has 3 rings (SSSR count). The summed E-state index contributed by atoms with van der Waals surface area (Å²) in [5.74, 6) is -0.416. The highest BCUT2D eigenvalue weighted by Gasteiger charge is 2.16. The third-order valence-electron chi connectivity index (χ3n) is 4.60. The van der Waals surface area contributed by atoms with E-state index in [2.05, 4.69) is 5.32 Å². The molecule has 0 saturated carbocycles. The molecule has 0 aliphatic rings. The standard InChI is InChI=1S/C22H23N3O2/c1-16-8-6-11-20(17(16)2)23-21(26)15-24(3)22(27)18-9-7-10-19(14-18)25-12-4-5-13-25/h4-14H,15H2,1-3H3,(H,23,26). The maximum Gasteiger partial charge on any atom is 0.254 e. The fourth-order valence-corrected chi connectivity index (χ4v) is 2.89. The number of carbonyl (C=O) groups excluding carboxylic acids is 2. The van der Waals surface area contributed by atoms with Gasteiger partial charge in [0.15, 0.2) is 0 Å². The van der Waals surface area contributed by atoms with Gasteiger partial charge in [0.2, 0.25) is 5.91 Å². The first-order chi connectivity index (χ1) is 13.0. The summed E-state index contributed by atoms with van der Waals surface area (Å²) in [4.78, 5) is 26.5. The molecule has 27 heavy (non-hydrogen) atoms. The second kappa shape index (κ2) is 7.91. The van der Waals surface area contributed by atoms with Crippen LogP contribution in [-0.4, -0.2) is 34.9 Å². The first-order valence-corrected chi connectivity index (χ1v) is 8.80. The number of likely N-dealkylation sites (N-methyl/N-ethyl adjacent to an activating group) is 1. The van der Waals surface area contributed by atoms with Crippen LogP contribution in [0.25, 0.3) is 5.69 Å². The van der Waals surface area contributed by atoms with E-state index in [-0.39, 0.29) is 18.4 Å². The molecule has 0 aliphatic heterocycles. The van der Waals surface area contributed by atoms with Crippen LogP contribution in [0.2, 0.25) is 0 Å². The highest BCUT2D eigenvalue weighted by atomic mass is 16.2. The zero-order valence-electron chi connectivity index (χ0n) is 15.8. The van der Waals surface area contributed by atoms with E-state index in [1.807, 2.05) is 79.3 Å². The summed E-state index contributed by atoms with van der Waals surface area (Å²) >= 11 is 0. The minimum atomic E-state index is -0.221. The van der Waals surface area contributed by atoms with Crippen molar-refractivity contribution >= 4 is 17.5 Å². The van der Waals surface area contributed by atoms with Gasteiger partial charge in [-0.25, -0.2) is 0 Å². The van der Waals surface area contributed by atoms with Crippen molar-refractivity contribution in [3.8, 4) is 5.69 Å². The van der Waals surface area contributed by atoms with Crippen LogP contribution in [0.4, 0.5) is 5.69 Å². The van der Waals surface area contributed by atoms with E-state index in [9.17, 15) is 9.59 Å². The lowest BCUT2D eigenvalue weighted by Gasteiger charge is -2.18. The van der Waals surface area contributed by atoms with Crippen LogP contribution >= 0.6 is 0 Å². The molecular formula is C22H23N3O2. The number of hydrogen-bond acceptors (Lipinski definition) is 2. The molecule has 0 fully saturated rings. The predicted molar refractivity (Wildman–Crippen MR) is 107 cm³/mol. The molecule has 0 atom stereocenters. The Bertz CT molecular complexity index is 961. The number of nitrogens with one attached hydrogen (secondary N) is 1. The van der Waals surface area contributed by atoms with Crippen molar-refractivity contribution in [1.29, 1.82) is 0 Å². The van der Waals surface area contributed by atoms with Gasteiger partial charge in [-0.05, 0) is 61.4 Å². The molecule has 2 aromatic carbocycles. The molecule has 2 amide bonds. The van der Waals surface area contributed by atoms with E-state index in [1.54, 1.807) is 13.1 Å². The van der Waals surface area contributed by atoms with E-state index in [0.717, 1.165) is 22.5 Å². The molecule has 0 unspecified atom stereocenters. The van der Waals surface area contributed by atoms with E-state index in [0.29, 0.717) is 5.56 Å². The van der Waals surface area contributed by atoms with Gasteiger partial charge in [0.1, 0.15) is 0 Å². The Morgan fingerprint density at radius 1 is 1.00 bits per heavy atom. The SMILES string of the molecule is Cc1cccc(NC(=O)CN(C)C(=O)c2cccc(-n3cccc3)c2)c1C. The minimum Gasteiger partial charge on any atom is -0.332 e. The monoisotopic (exact) mass is 361 g/mol. The zero-order chi connectivity index (χ0) is 19.4. The second-order valence-electron chi connectivity index (χ2n) is 6.60. The second-order valence-corrected chi connectivity index (χ2v) is 6.60. The summed E-state index contributed by atoms with van der Waals surface area (Å²) in [6, 6.07) is 17.0. The molecule has 1 aromatic heterocycles. The third kappa shape index (κ3) is 4.26. The van der Waals surface area contributed by atoms with Crippen LogP contribution in [0.1, 0.15) is 21.5 Å². The number of carbonyl (C=O) groups is 2. The average molecular weight is 361 g/mol. The lowest BCUT2D eigenvalue weighted by Crippen LogP contribution is -2.35. The number of aryl methyl sites for hydroxylation is 1. The number of anilines is 1. The fraction of sp³-hybridized carbons (Fsp3) is 0.182. The molecule has 1 heterocycles. The van der Waals surface area contributed by atoms with Crippen LogP contribution in [0, 0.1) is 13.8 Å². The molecule has 5 nitrogen and oxygen atoms in total. The normalized spacial score (nSPS) is 10.5. The van der Waals surface area contributed by atoms with Crippen molar-refractivity contribution < 1.29 is 9.59 Å². The number of amides is 2. The van der Waals surface area contributed by atoms with Crippen molar-refractivity contribution in [2.75, 3.05) is 18.9 Å². The summed E-state index contributed by atoms with van der Waals surface area (Å²) in [6.45, 7) is 3.95. The summed E-state index contributed by atoms with van der Waals surface area (Å²) in [7, 11) is 1.63. The Hall–Kier alpha value is -3.34. The van der Waals surface area contributed by atoms with Crippen LogP contribution in [-0.2, 0) is 4.79 Å². The summed E-state index contributed by atoms with van der Waals surface area (Å²) in [6.07, 6.45) is 3.84. The molecule has 0 aliphatic carbocycles. The minimum absolute atomic E-state index is 0.0139. The van der Waals surface area contributed by atoms with Crippen molar-refractivity contribution in [3.63, 3.8) is 0 Å². The molecule has 138 valence electrons. The summed E-state index contributed by atoms with van der Waals surface area (Å²) in [5, 5.41) is 2.89. The van der Waals surface area contributed by atoms with E-state index < -0.39 is 0 Å². The molecular weight excluding hydrogens is 338 g/mol. The van der Waals surface area contributed by atoms with Gasteiger partial charge in [0, 0.05) is 36.4 Å². The Balaban J connectivity index is 1.68. The van der Waals surface area contributed by atoms with Gasteiger partial charge in [-0.1, -0.05) is 18.2 Å². The Kier molecular flexibility index (Phi) is 5.41. The lowest BCUT2D eigenvalue weighted by molar-refractivity contribution is -0.116. The number of benzene rings is 2. The lowest BCUT2D eigenvalue weighted by atomic mass is 10.1. The van der Waals surface area contributed by atoms with Gasteiger partial charge in [-0.2, -0.15) is 0 Å². The molecule has 0 radical (unpaired) electrons. The highest BCUT2D eigenvalue weighted by molar-refractivity contribution is 5.99. The van der Waals surface area contributed by atoms with Crippen molar-refractivity contribution in [2.24, 2.45) is 0 Å². The number of rotatable bonds is 5. The molecule has 0 saturated heterocycles. The maximum absolute atomic E-state index is 12.7. The maximum atomic E-state index is 12.7. The first-order valence-electron chi connectivity index (χ1n) is 8.80. The van der Waals surface area contributed by atoms with Crippen LogP contribution in [0.15, 0.2) is 67.0 Å². The smallest absolute Gasteiger partial charge is 0.254 e. The zero-order valence-corrected chi connectivity index (χ0v) is 15.8. The van der Waals surface area contributed by atoms with Crippen molar-refractivity contribution in [3.05, 3.63) is 83.7 Å². The largest absolute Gasteiger partial charge is 0.332 e. The van der Waals surface area contributed by atoms with Crippen molar-refractivity contribution in [1.82, 2.24) is 9.47 Å². The van der Waals surface area contributed by atoms with Gasteiger partial charge >= 0.3 is 0 Å². The average Bonchev–Trinajstić information content (AvgIpc) is 3.19. The number of aromatic nitrogens is 1. The third-order valence-corrected chi connectivity index (χ3v) is 4.60. The van der Waals surface area contributed by atoms with Crippen LogP contribution in [0.5, 0.6) is 0 Å². The molecule has 1 N–H and O–H groups in total. The van der Waals surface area contributed by atoms with Crippen LogP contribution in [0.3, 0.4) is 0 Å². The van der Waals surface area contributed by atoms with Gasteiger partial charge in [-0.15, -0.1) is 0 Å². The van der Waals surface area contributed by atoms with Gasteiger partial charge in [0.25, 0.3) is 5.91 Å². The Morgan fingerprint density at radius 3 is 2.44 bits per heavy atom. The molecule has 5 heteroatoms. The van der Waals surface area contributed by atoms with E-state index >= 15 is 0 Å².